The van der Waals surface area contributed by atoms with Crippen molar-refractivity contribution in [1.29, 1.82) is 0 Å². The first kappa shape index (κ1) is 16.2. The molecule has 0 aliphatic heterocycles. The topological polar surface area (TPSA) is 75.4 Å². The van der Waals surface area contributed by atoms with Gasteiger partial charge in [0.1, 0.15) is 0 Å². The molecule has 1 aromatic carbocycles. The van der Waals surface area contributed by atoms with E-state index in [1.165, 1.54) is 0 Å². The molecule has 0 saturated heterocycles. The fourth-order valence-corrected chi connectivity index (χ4v) is 2.28. The van der Waals surface area contributed by atoms with E-state index < -0.39 is 0 Å². The van der Waals surface area contributed by atoms with Gasteiger partial charge < -0.3 is 14.9 Å². The predicted molar refractivity (Wildman–Crippen MR) is 84.4 cm³/mol. The maximum Gasteiger partial charge on any atom is 0.273 e. The first-order valence-electron chi connectivity index (χ1n) is 7.33. The van der Waals surface area contributed by atoms with Crippen LogP contribution in [0.5, 0.6) is 0 Å². The summed E-state index contributed by atoms with van der Waals surface area (Å²) in [7, 11) is 0. The highest BCUT2D eigenvalue weighted by atomic mass is 16.5. The number of nitrogens with one attached hydrogen (secondary N) is 1. The second-order valence-electron chi connectivity index (χ2n) is 6.56. The highest BCUT2D eigenvalue weighted by Crippen LogP contribution is 2.22. The van der Waals surface area contributed by atoms with Gasteiger partial charge in [-0.25, -0.2) is 0 Å². The van der Waals surface area contributed by atoms with Gasteiger partial charge in [0.25, 0.3) is 5.91 Å². The molecule has 5 nitrogen and oxygen atoms in total. The Morgan fingerprint density at radius 3 is 2.59 bits per heavy atom. The molecule has 2 N–H and O–H groups in total. The normalized spacial score (nSPS) is 12.9. The first-order valence-corrected chi connectivity index (χ1v) is 7.33. The quantitative estimate of drug-likeness (QED) is 0.890. The molecular weight excluding hydrogens is 280 g/mol. The number of aliphatic hydroxyl groups is 1. The fourth-order valence-electron chi connectivity index (χ4n) is 2.28. The largest absolute Gasteiger partial charge is 0.394 e. The van der Waals surface area contributed by atoms with Crippen molar-refractivity contribution in [2.75, 3.05) is 6.61 Å². The second kappa shape index (κ2) is 6.75. The van der Waals surface area contributed by atoms with Crippen molar-refractivity contribution in [3.8, 4) is 11.3 Å². The lowest BCUT2D eigenvalue weighted by atomic mass is 9.88. The second-order valence-corrected chi connectivity index (χ2v) is 6.56. The molecule has 2 rings (SSSR count). The van der Waals surface area contributed by atoms with Crippen LogP contribution in [0.2, 0.25) is 0 Å². The molecular formula is C17H22N2O3. The average Bonchev–Trinajstić information content (AvgIpc) is 2.96. The highest BCUT2D eigenvalue weighted by molar-refractivity contribution is 5.93. The van der Waals surface area contributed by atoms with Crippen LogP contribution in [0.4, 0.5) is 0 Å². The molecule has 0 radical (unpaired) electrons. The molecule has 0 fully saturated rings. The lowest BCUT2D eigenvalue weighted by Gasteiger charge is -2.25. The van der Waals surface area contributed by atoms with E-state index in [1.54, 1.807) is 6.07 Å². The van der Waals surface area contributed by atoms with Gasteiger partial charge >= 0.3 is 0 Å². The summed E-state index contributed by atoms with van der Waals surface area (Å²) >= 11 is 0. The summed E-state index contributed by atoms with van der Waals surface area (Å²) in [5, 5.41) is 16.0. The summed E-state index contributed by atoms with van der Waals surface area (Å²) in [6, 6.07) is 10.8. The molecule has 1 unspecified atom stereocenters. The summed E-state index contributed by atoms with van der Waals surface area (Å²) in [5.41, 5.74) is 1.09. The van der Waals surface area contributed by atoms with Gasteiger partial charge in [-0.3, -0.25) is 4.79 Å². The Kier molecular flexibility index (Phi) is 4.98. The molecule has 0 spiro atoms. The van der Waals surface area contributed by atoms with E-state index in [1.807, 2.05) is 30.3 Å². The van der Waals surface area contributed by atoms with Crippen molar-refractivity contribution >= 4 is 5.91 Å². The molecule has 0 aliphatic rings. The van der Waals surface area contributed by atoms with E-state index in [0.717, 1.165) is 5.56 Å². The Morgan fingerprint density at radius 1 is 1.32 bits per heavy atom. The Morgan fingerprint density at radius 2 is 2.00 bits per heavy atom. The van der Waals surface area contributed by atoms with Crippen LogP contribution in [-0.4, -0.2) is 28.8 Å². The summed E-state index contributed by atoms with van der Waals surface area (Å²) in [6.07, 6.45) is 0.679. The zero-order chi connectivity index (χ0) is 16.2. The number of rotatable bonds is 5. The summed E-state index contributed by atoms with van der Waals surface area (Å²) < 4.78 is 5.21. The van der Waals surface area contributed by atoms with Crippen LogP contribution in [0.1, 0.15) is 37.7 Å². The minimum absolute atomic E-state index is 0.0136. The molecule has 1 atom stereocenters. The molecule has 0 bridgehead atoms. The fraction of sp³-hybridized carbons (Fsp3) is 0.412. The maximum atomic E-state index is 12.2. The van der Waals surface area contributed by atoms with Crippen LogP contribution in [0.25, 0.3) is 11.3 Å². The van der Waals surface area contributed by atoms with Gasteiger partial charge in [-0.05, 0) is 11.8 Å². The molecule has 118 valence electrons. The lowest BCUT2D eigenvalue weighted by molar-refractivity contribution is 0.0888. The maximum absolute atomic E-state index is 12.2. The summed E-state index contributed by atoms with van der Waals surface area (Å²) in [4.78, 5) is 12.2. The number of aromatic nitrogens is 1. The number of carbonyl (C=O) groups excluding carboxylic acids is 1. The third kappa shape index (κ3) is 4.43. The van der Waals surface area contributed by atoms with Gasteiger partial charge in [-0.1, -0.05) is 56.3 Å². The van der Waals surface area contributed by atoms with Gasteiger partial charge in [0.15, 0.2) is 11.5 Å². The van der Waals surface area contributed by atoms with Crippen LogP contribution in [-0.2, 0) is 0 Å². The molecule has 1 aromatic heterocycles. The Bertz CT molecular complexity index is 614. The molecule has 2 aromatic rings. The van der Waals surface area contributed by atoms with E-state index in [4.69, 9.17) is 4.52 Å². The van der Waals surface area contributed by atoms with Gasteiger partial charge in [0.05, 0.1) is 12.6 Å². The molecule has 1 heterocycles. The van der Waals surface area contributed by atoms with E-state index in [-0.39, 0.29) is 29.7 Å². The third-order valence-corrected chi connectivity index (χ3v) is 3.22. The molecule has 1 amide bonds. The SMILES string of the molecule is CC(C)(C)CC(CO)NC(=O)c1cc(-c2ccccc2)on1. The monoisotopic (exact) mass is 302 g/mol. The van der Waals surface area contributed by atoms with Crippen molar-refractivity contribution in [2.24, 2.45) is 5.41 Å². The number of hydrogen-bond donors (Lipinski definition) is 2. The van der Waals surface area contributed by atoms with Crippen LogP contribution < -0.4 is 5.32 Å². The van der Waals surface area contributed by atoms with Crippen LogP contribution in [0.15, 0.2) is 40.9 Å². The predicted octanol–water partition coefficient (Wildman–Crippen LogP) is 2.87. The van der Waals surface area contributed by atoms with E-state index in [2.05, 4.69) is 31.2 Å². The van der Waals surface area contributed by atoms with Crippen molar-refractivity contribution in [3.05, 3.63) is 42.1 Å². The average molecular weight is 302 g/mol. The first-order chi connectivity index (χ1) is 10.4. The summed E-state index contributed by atoms with van der Waals surface area (Å²) in [5.74, 6) is 0.205. The van der Waals surface area contributed by atoms with Gasteiger partial charge in [-0.15, -0.1) is 0 Å². The van der Waals surface area contributed by atoms with E-state index >= 15 is 0 Å². The van der Waals surface area contributed by atoms with Crippen molar-refractivity contribution < 1.29 is 14.4 Å². The Labute approximate surface area is 130 Å². The smallest absolute Gasteiger partial charge is 0.273 e. The zero-order valence-corrected chi connectivity index (χ0v) is 13.2. The van der Waals surface area contributed by atoms with Crippen LogP contribution in [0, 0.1) is 5.41 Å². The molecule has 0 saturated carbocycles. The third-order valence-electron chi connectivity index (χ3n) is 3.22. The van der Waals surface area contributed by atoms with Crippen molar-refractivity contribution in [3.63, 3.8) is 0 Å². The number of benzene rings is 1. The minimum atomic E-state index is -0.339. The standard InChI is InChI=1S/C17H22N2O3/c1-17(2,3)10-13(11-20)18-16(21)14-9-15(22-19-14)12-7-5-4-6-8-12/h4-9,13,20H,10-11H2,1-3H3,(H,18,21). The number of nitrogens with zero attached hydrogens (tertiary/aromatic N) is 1. The summed E-state index contributed by atoms with van der Waals surface area (Å²) in [6.45, 7) is 6.08. The Hall–Kier alpha value is -2.14. The van der Waals surface area contributed by atoms with Crippen LogP contribution >= 0.6 is 0 Å². The number of amides is 1. The zero-order valence-electron chi connectivity index (χ0n) is 13.2. The Balaban J connectivity index is 2.06. The van der Waals surface area contributed by atoms with Gasteiger partial charge in [0, 0.05) is 11.6 Å². The van der Waals surface area contributed by atoms with Gasteiger partial charge in [0.2, 0.25) is 0 Å². The number of carbonyl (C=O) groups is 1. The van der Waals surface area contributed by atoms with Gasteiger partial charge in [-0.2, -0.15) is 0 Å². The minimum Gasteiger partial charge on any atom is -0.394 e. The molecule has 5 heteroatoms. The lowest BCUT2D eigenvalue weighted by Crippen LogP contribution is -2.40. The number of hydrogen-bond acceptors (Lipinski definition) is 4. The molecule has 0 aliphatic carbocycles. The van der Waals surface area contributed by atoms with E-state index in [0.29, 0.717) is 12.2 Å². The highest BCUT2D eigenvalue weighted by Gasteiger charge is 2.22. The van der Waals surface area contributed by atoms with Crippen LogP contribution in [0.3, 0.4) is 0 Å². The van der Waals surface area contributed by atoms with E-state index in [9.17, 15) is 9.90 Å². The number of aliphatic hydroxyl groups excluding tert-OH is 1. The van der Waals surface area contributed by atoms with Crippen molar-refractivity contribution in [1.82, 2.24) is 10.5 Å². The molecule has 22 heavy (non-hydrogen) atoms. The van der Waals surface area contributed by atoms with Crippen molar-refractivity contribution in [2.45, 2.75) is 33.2 Å².